The number of carbonyl (C=O) groups excluding carboxylic acids is 1. The minimum atomic E-state index is -4.53. The van der Waals surface area contributed by atoms with Gasteiger partial charge in [0.1, 0.15) is 17.2 Å². The van der Waals surface area contributed by atoms with Gasteiger partial charge in [-0.05, 0) is 63.1 Å². The monoisotopic (exact) mass is 516 g/mol. The van der Waals surface area contributed by atoms with Gasteiger partial charge in [-0.15, -0.1) is 0 Å². The lowest BCUT2D eigenvalue weighted by atomic mass is 9.84. The van der Waals surface area contributed by atoms with E-state index in [-0.39, 0.29) is 23.1 Å². The molecule has 0 spiro atoms. The van der Waals surface area contributed by atoms with Gasteiger partial charge in [0.15, 0.2) is 6.61 Å². The van der Waals surface area contributed by atoms with Crippen LogP contribution in [0.25, 0.3) is 10.8 Å². The van der Waals surface area contributed by atoms with E-state index in [0.717, 1.165) is 12.8 Å². The SMILES string of the molecule is C[C@@H]1c2nc(Nc3cc4c(C(C)(O)C5CC5)cnc(OCC(F)(F)F)c4cn3)ccc2C(=O)OC1(C)C. The first-order valence-corrected chi connectivity index (χ1v) is 12.0. The number of aliphatic hydroxyl groups is 1. The molecule has 1 aliphatic heterocycles. The number of anilines is 2. The first-order valence-electron chi connectivity index (χ1n) is 12.0. The number of hydrogen-bond acceptors (Lipinski definition) is 8. The molecule has 0 aromatic carbocycles. The first kappa shape index (κ1) is 25.2. The summed E-state index contributed by atoms with van der Waals surface area (Å²) in [6, 6.07) is 4.89. The molecule has 0 bridgehead atoms. The fourth-order valence-electron chi connectivity index (χ4n) is 4.60. The number of nitrogens with one attached hydrogen (secondary N) is 1. The highest BCUT2D eigenvalue weighted by molar-refractivity contribution is 5.93. The van der Waals surface area contributed by atoms with Crippen LogP contribution in [0, 0.1) is 5.92 Å². The van der Waals surface area contributed by atoms with Gasteiger partial charge in [0.05, 0.1) is 22.2 Å². The number of carbonyl (C=O) groups is 1. The molecule has 2 atom stereocenters. The van der Waals surface area contributed by atoms with Crippen molar-refractivity contribution in [3.8, 4) is 5.88 Å². The molecule has 1 fully saturated rings. The fraction of sp³-hybridized carbons (Fsp3) is 0.462. The van der Waals surface area contributed by atoms with E-state index in [1.165, 1.54) is 12.4 Å². The zero-order valence-corrected chi connectivity index (χ0v) is 20.8. The second kappa shape index (κ2) is 8.54. The van der Waals surface area contributed by atoms with Gasteiger partial charge in [-0.2, -0.15) is 13.2 Å². The lowest BCUT2D eigenvalue weighted by Crippen LogP contribution is -2.39. The third-order valence-electron chi connectivity index (χ3n) is 7.24. The molecule has 2 N–H and O–H groups in total. The fourth-order valence-corrected chi connectivity index (χ4v) is 4.60. The molecule has 0 radical (unpaired) electrons. The molecule has 3 aromatic rings. The van der Waals surface area contributed by atoms with Gasteiger partial charge < -0.3 is 19.9 Å². The lowest BCUT2D eigenvalue weighted by Gasteiger charge is -2.36. The second-order valence-corrected chi connectivity index (χ2v) is 10.4. The molecule has 196 valence electrons. The topological polar surface area (TPSA) is 106 Å². The van der Waals surface area contributed by atoms with E-state index in [2.05, 4.69) is 20.3 Å². The molecule has 0 saturated heterocycles. The Morgan fingerprint density at radius 3 is 2.57 bits per heavy atom. The predicted molar refractivity (Wildman–Crippen MR) is 129 cm³/mol. The van der Waals surface area contributed by atoms with E-state index in [1.807, 2.05) is 20.8 Å². The molecule has 4 heterocycles. The average molecular weight is 517 g/mol. The Morgan fingerprint density at radius 2 is 1.89 bits per heavy atom. The molecule has 1 unspecified atom stereocenters. The largest absolute Gasteiger partial charge is 0.468 e. The Labute approximate surface area is 211 Å². The highest BCUT2D eigenvalue weighted by Crippen LogP contribution is 2.48. The Bertz CT molecular complexity index is 1390. The molecule has 5 rings (SSSR count). The highest BCUT2D eigenvalue weighted by atomic mass is 19.4. The third kappa shape index (κ3) is 4.79. The van der Waals surface area contributed by atoms with Crippen molar-refractivity contribution in [1.29, 1.82) is 0 Å². The number of alkyl halides is 3. The number of esters is 1. The maximum absolute atomic E-state index is 12.8. The predicted octanol–water partition coefficient (Wildman–Crippen LogP) is 5.38. The van der Waals surface area contributed by atoms with Crippen molar-refractivity contribution < 1.29 is 32.5 Å². The molecular formula is C26H27F3N4O4. The van der Waals surface area contributed by atoms with Crippen LogP contribution in [0.4, 0.5) is 24.8 Å². The van der Waals surface area contributed by atoms with Crippen LogP contribution >= 0.6 is 0 Å². The normalized spacial score (nSPS) is 20.6. The first-order chi connectivity index (χ1) is 17.3. The zero-order chi connectivity index (χ0) is 26.8. The van der Waals surface area contributed by atoms with Gasteiger partial charge in [-0.1, -0.05) is 6.92 Å². The number of nitrogens with zero attached hydrogens (tertiary/aromatic N) is 3. The van der Waals surface area contributed by atoms with Crippen LogP contribution in [-0.4, -0.2) is 44.4 Å². The number of cyclic esters (lactones) is 1. The molecule has 8 nitrogen and oxygen atoms in total. The molecule has 3 aromatic heterocycles. The molecule has 37 heavy (non-hydrogen) atoms. The maximum Gasteiger partial charge on any atom is 0.422 e. The molecule has 0 amide bonds. The number of rotatable bonds is 6. The summed E-state index contributed by atoms with van der Waals surface area (Å²) < 4.78 is 48.9. The van der Waals surface area contributed by atoms with Gasteiger partial charge in [0, 0.05) is 23.9 Å². The number of aromatic nitrogens is 3. The number of pyridine rings is 3. The molecular weight excluding hydrogens is 489 g/mol. The summed E-state index contributed by atoms with van der Waals surface area (Å²) >= 11 is 0. The minimum Gasteiger partial charge on any atom is -0.468 e. The van der Waals surface area contributed by atoms with Crippen molar-refractivity contribution in [2.45, 2.75) is 63.8 Å². The summed E-state index contributed by atoms with van der Waals surface area (Å²) in [4.78, 5) is 25.4. The van der Waals surface area contributed by atoms with Crippen LogP contribution in [0.1, 0.15) is 68.1 Å². The van der Waals surface area contributed by atoms with Crippen molar-refractivity contribution in [3.05, 3.63) is 47.4 Å². The summed E-state index contributed by atoms with van der Waals surface area (Å²) in [6.45, 7) is 5.76. The van der Waals surface area contributed by atoms with Crippen LogP contribution in [0.15, 0.2) is 30.6 Å². The average Bonchev–Trinajstić information content (AvgIpc) is 3.66. The smallest absolute Gasteiger partial charge is 0.422 e. The van der Waals surface area contributed by atoms with Crippen molar-refractivity contribution >= 4 is 28.4 Å². The van der Waals surface area contributed by atoms with Crippen LogP contribution < -0.4 is 10.1 Å². The maximum atomic E-state index is 12.8. The van der Waals surface area contributed by atoms with Crippen LogP contribution in [-0.2, 0) is 10.3 Å². The van der Waals surface area contributed by atoms with Gasteiger partial charge in [-0.3, -0.25) is 0 Å². The Hall–Kier alpha value is -3.47. The van der Waals surface area contributed by atoms with Crippen molar-refractivity contribution in [3.63, 3.8) is 0 Å². The Balaban J connectivity index is 1.54. The second-order valence-electron chi connectivity index (χ2n) is 10.4. The third-order valence-corrected chi connectivity index (χ3v) is 7.24. The van der Waals surface area contributed by atoms with Gasteiger partial charge >= 0.3 is 12.1 Å². The molecule has 1 saturated carbocycles. The Morgan fingerprint density at radius 1 is 1.16 bits per heavy atom. The summed E-state index contributed by atoms with van der Waals surface area (Å²) in [5, 5.41) is 15.1. The van der Waals surface area contributed by atoms with Crippen molar-refractivity contribution in [2.24, 2.45) is 5.92 Å². The van der Waals surface area contributed by atoms with Crippen molar-refractivity contribution in [1.82, 2.24) is 15.0 Å². The number of halogens is 3. The van der Waals surface area contributed by atoms with E-state index in [9.17, 15) is 23.1 Å². The summed E-state index contributed by atoms with van der Waals surface area (Å²) in [6.07, 6.45) is -0.121. The minimum absolute atomic E-state index is 0.0240. The summed E-state index contributed by atoms with van der Waals surface area (Å²) in [5.41, 5.74) is -0.482. The van der Waals surface area contributed by atoms with E-state index in [1.54, 1.807) is 25.1 Å². The van der Waals surface area contributed by atoms with E-state index in [4.69, 9.17) is 9.47 Å². The molecule has 1 aliphatic carbocycles. The van der Waals surface area contributed by atoms with Crippen LogP contribution in [0.2, 0.25) is 0 Å². The zero-order valence-electron chi connectivity index (χ0n) is 20.8. The van der Waals surface area contributed by atoms with E-state index in [0.29, 0.717) is 33.8 Å². The number of hydrogen-bond donors (Lipinski definition) is 2. The van der Waals surface area contributed by atoms with Crippen molar-refractivity contribution in [2.75, 3.05) is 11.9 Å². The van der Waals surface area contributed by atoms with Crippen LogP contribution in [0.3, 0.4) is 0 Å². The van der Waals surface area contributed by atoms with Gasteiger partial charge in [0.25, 0.3) is 0 Å². The summed E-state index contributed by atoms with van der Waals surface area (Å²) in [7, 11) is 0. The standard InChI is InChI=1S/C26H27F3N4O4/c1-13-21-15(23(34)37-24(13,2)3)7-8-19(33-21)32-20-9-16-17(10-30-20)22(36-12-26(27,28)29)31-11-18(16)25(4,35)14-5-6-14/h7-11,13-14,35H,5-6,12H2,1-4H3,(H,30,32,33)/t13-,25?/m1/s1. The Kier molecular flexibility index (Phi) is 5.82. The number of fused-ring (bicyclic) bond motifs is 2. The number of ether oxygens (including phenoxy) is 2. The van der Waals surface area contributed by atoms with E-state index >= 15 is 0 Å². The molecule has 11 heteroatoms. The van der Waals surface area contributed by atoms with Gasteiger partial charge in [0.2, 0.25) is 5.88 Å². The lowest BCUT2D eigenvalue weighted by molar-refractivity contribution is -0.153. The quantitative estimate of drug-likeness (QED) is 0.421. The van der Waals surface area contributed by atoms with Crippen LogP contribution in [0.5, 0.6) is 5.88 Å². The van der Waals surface area contributed by atoms with E-state index < -0.39 is 30.0 Å². The highest BCUT2D eigenvalue weighted by Gasteiger charge is 2.43. The summed E-state index contributed by atoms with van der Waals surface area (Å²) in [5.74, 6) is -0.00997. The molecule has 2 aliphatic rings. The van der Waals surface area contributed by atoms with Gasteiger partial charge in [-0.25, -0.2) is 19.7 Å².